The van der Waals surface area contributed by atoms with Gasteiger partial charge in [-0.2, -0.15) is 5.10 Å². The molecule has 1 saturated heterocycles. The molecule has 4 nitrogen and oxygen atoms in total. The van der Waals surface area contributed by atoms with Gasteiger partial charge in [-0.3, -0.25) is 4.68 Å². The maximum absolute atomic E-state index is 4.22. The largest absolute Gasteiger partial charge is 0.381 e. The molecule has 100 valence electrons. The van der Waals surface area contributed by atoms with Gasteiger partial charge in [-0.25, -0.2) is 0 Å². The minimum Gasteiger partial charge on any atom is -0.381 e. The molecule has 0 saturated carbocycles. The smallest absolute Gasteiger partial charge is 0.0659 e. The fourth-order valence-corrected chi connectivity index (χ4v) is 2.50. The first-order valence-electron chi connectivity index (χ1n) is 6.94. The van der Waals surface area contributed by atoms with E-state index in [1.54, 1.807) is 0 Å². The van der Waals surface area contributed by atoms with E-state index in [9.17, 15) is 0 Å². The number of hydrogen-bond donors (Lipinski definition) is 2. The highest BCUT2D eigenvalue weighted by Gasteiger charge is 2.11. The van der Waals surface area contributed by atoms with Crippen LogP contribution in [0.4, 0.5) is 5.69 Å². The van der Waals surface area contributed by atoms with E-state index in [-0.39, 0.29) is 0 Å². The van der Waals surface area contributed by atoms with Crippen LogP contribution in [0.5, 0.6) is 0 Å². The van der Waals surface area contributed by atoms with Crippen molar-refractivity contribution >= 4 is 5.69 Å². The van der Waals surface area contributed by atoms with Crippen molar-refractivity contribution in [3.8, 4) is 0 Å². The Morgan fingerprint density at radius 2 is 2.21 bits per heavy atom. The summed E-state index contributed by atoms with van der Waals surface area (Å²) < 4.78 is 1.94. The minimum absolute atomic E-state index is 0.561. The zero-order valence-corrected chi connectivity index (χ0v) is 11.0. The van der Waals surface area contributed by atoms with Gasteiger partial charge in [0.25, 0.3) is 0 Å². The van der Waals surface area contributed by atoms with E-state index in [0.29, 0.717) is 6.04 Å². The van der Waals surface area contributed by atoms with Gasteiger partial charge >= 0.3 is 0 Å². The van der Waals surface area contributed by atoms with Crippen molar-refractivity contribution in [2.24, 2.45) is 0 Å². The van der Waals surface area contributed by atoms with Crippen LogP contribution in [0.3, 0.4) is 0 Å². The number of aromatic nitrogens is 2. The summed E-state index contributed by atoms with van der Waals surface area (Å²) in [5.74, 6) is 0. The minimum atomic E-state index is 0.561. The number of piperidine rings is 1. The van der Waals surface area contributed by atoms with Crippen LogP contribution in [-0.2, 0) is 6.54 Å². The van der Waals surface area contributed by atoms with Crippen molar-refractivity contribution in [2.45, 2.75) is 25.4 Å². The van der Waals surface area contributed by atoms with Gasteiger partial charge in [0.15, 0.2) is 0 Å². The van der Waals surface area contributed by atoms with E-state index in [2.05, 4.69) is 40.0 Å². The third-order valence-electron chi connectivity index (χ3n) is 3.53. The van der Waals surface area contributed by atoms with Crippen LogP contribution in [-0.4, -0.2) is 28.9 Å². The van der Waals surface area contributed by atoms with Crippen molar-refractivity contribution < 1.29 is 0 Å². The highest BCUT2D eigenvalue weighted by Crippen LogP contribution is 2.14. The van der Waals surface area contributed by atoms with Crippen molar-refractivity contribution in [3.63, 3.8) is 0 Å². The average molecular weight is 256 g/mol. The molecule has 2 aromatic rings. The van der Waals surface area contributed by atoms with Crippen LogP contribution in [0.2, 0.25) is 0 Å². The Hall–Kier alpha value is -1.81. The highest BCUT2D eigenvalue weighted by atomic mass is 15.3. The molecule has 19 heavy (non-hydrogen) atoms. The molecule has 1 aliphatic heterocycles. The number of benzene rings is 1. The number of nitrogens with one attached hydrogen (secondary N) is 2. The summed E-state index contributed by atoms with van der Waals surface area (Å²) in [7, 11) is 0. The zero-order chi connectivity index (χ0) is 12.9. The molecule has 0 radical (unpaired) electrons. The number of nitrogens with zero attached hydrogens (tertiary/aromatic N) is 2. The predicted octanol–water partition coefficient (Wildman–Crippen LogP) is 2.10. The third kappa shape index (κ3) is 3.35. The van der Waals surface area contributed by atoms with E-state index in [0.717, 1.165) is 19.6 Å². The Labute approximate surface area is 113 Å². The zero-order valence-electron chi connectivity index (χ0n) is 11.0. The van der Waals surface area contributed by atoms with Crippen LogP contribution in [0, 0.1) is 0 Å². The predicted molar refractivity (Wildman–Crippen MR) is 77.3 cm³/mol. The van der Waals surface area contributed by atoms with Crippen molar-refractivity contribution in [3.05, 3.63) is 48.3 Å². The second kappa shape index (κ2) is 5.89. The molecule has 2 heterocycles. The van der Waals surface area contributed by atoms with Crippen LogP contribution in [0.1, 0.15) is 18.4 Å². The lowest BCUT2D eigenvalue weighted by atomic mass is 10.1. The van der Waals surface area contributed by atoms with E-state index >= 15 is 0 Å². The topological polar surface area (TPSA) is 41.9 Å². The summed E-state index contributed by atoms with van der Waals surface area (Å²) in [6.45, 7) is 3.05. The summed E-state index contributed by atoms with van der Waals surface area (Å²) >= 11 is 0. The van der Waals surface area contributed by atoms with Crippen LogP contribution >= 0.6 is 0 Å². The second-order valence-corrected chi connectivity index (χ2v) is 5.09. The molecule has 0 aliphatic carbocycles. The number of anilines is 1. The molecule has 3 rings (SSSR count). The van der Waals surface area contributed by atoms with E-state index < -0.39 is 0 Å². The summed E-state index contributed by atoms with van der Waals surface area (Å²) in [4.78, 5) is 0. The van der Waals surface area contributed by atoms with Crippen molar-refractivity contribution in [1.82, 2.24) is 15.1 Å². The maximum atomic E-state index is 4.22. The van der Waals surface area contributed by atoms with E-state index in [1.165, 1.54) is 24.1 Å². The molecule has 1 aromatic carbocycles. The SMILES string of the molecule is c1cnn(Cc2ccc(NC3CCCNC3)cc2)c1. The molecule has 1 atom stereocenters. The van der Waals surface area contributed by atoms with Crippen LogP contribution in [0.15, 0.2) is 42.7 Å². The Balaban J connectivity index is 1.58. The van der Waals surface area contributed by atoms with E-state index in [1.807, 2.05) is 23.1 Å². The Morgan fingerprint density at radius 3 is 2.89 bits per heavy atom. The normalized spacial score (nSPS) is 19.3. The Bertz CT molecular complexity index is 483. The molecule has 2 N–H and O–H groups in total. The molecule has 0 amide bonds. The average Bonchev–Trinajstić information content (AvgIpc) is 2.95. The summed E-state index contributed by atoms with van der Waals surface area (Å²) in [5, 5.41) is 11.2. The van der Waals surface area contributed by atoms with Gasteiger partial charge < -0.3 is 10.6 Å². The first-order chi connectivity index (χ1) is 9.40. The van der Waals surface area contributed by atoms with Gasteiger partial charge in [-0.05, 0) is 43.1 Å². The van der Waals surface area contributed by atoms with Gasteiger partial charge in [0.2, 0.25) is 0 Å². The number of rotatable bonds is 4. The molecule has 1 fully saturated rings. The summed E-state index contributed by atoms with van der Waals surface area (Å²) in [5.41, 5.74) is 2.48. The lowest BCUT2D eigenvalue weighted by molar-refractivity contribution is 0.480. The molecule has 4 heteroatoms. The molecule has 0 bridgehead atoms. The first-order valence-corrected chi connectivity index (χ1v) is 6.94. The van der Waals surface area contributed by atoms with Gasteiger partial charge in [0, 0.05) is 30.7 Å². The third-order valence-corrected chi connectivity index (χ3v) is 3.53. The summed E-state index contributed by atoms with van der Waals surface area (Å²) in [6, 6.07) is 11.2. The van der Waals surface area contributed by atoms with Crippen LogP contribution < -0.4 is 10.6 Å². The van der Waals surface area contributed by atoms with Gasteiger partial charge in [-0.1, -0.05) is 12.1 Å². The van der Waals surface area contributed by atoms with E-state index in [4.69, 9.17) is 0 Å². The molecule has 1 aromatic heterocycles. The Morgan fingerprint density at radius 1 is 1.32 bits per heavy atom. The fraction of sp³-hybridized carbons (Fsp3) is 0.400. The Kier molecular flexibility index (Phi) is 3.79. The lowest BCUT2D eigenvalue weighted by Gasteiger charge is -2.24. The first kappa shape index (κ1) is 12.2. The quantitative estimate of drug-likeness (QED) is 0.880. The van der Waals surface area contributed by atoms with Crippen molar-refractivity contribution in [1.29, 1.82) is 0 Å². The highest BCUT2D eigenvalue weighted by molar-refractivity contribution is 5.45. The lowest BCUT2D eigenvalue weighted by Crippen LogP contribution is -2.38. The molecular formula is C15H20N4. The van der Waals surface area contributed by atoms with Gasteiger partial charge in [0.1, 0.15) is 0 Å². The monoisotopic (exact) mass is 256 g/mol. The fourth-order valence-electron chi connectivity index (χ4n) is 2.50. The molecule has 1 aliphatic rings. The maximum Gasteiger partial charge on any atom is 0.0659 e. The molecule has 1 unspecified atom stereocenters. The van der Waals surface area contributed by atoms with Gasteiger partial charge in [0.05, 0.1) is 6.54 Å². The number of hydrogen-bond acceptors (Lipinski definition) is 3. The van der Waals surface area contributed by atoms with Crippen molar-refractivity contribution in [2.75, 3.05) is 18.4 Å². The standard InChI is InChI=1S/C15H20N4/c1-3-15(11-16-8-1)18-14-6-4-13(5-7-14)12-19-10-2-9-17-19/h2,4-7,9-10,15-16,18H,1,3,8,11-12H2. The second-order valence-electron chi connectivity index (χ2n) is 5.09. The van der Waals surface area contributed by atoms with Crippen LogP contribution in [0.25, 0.3) is 0 Å². The molecular weight excluding hydrogens is 236 g/mol. The summed E-state index contributed by atoms with van der Waals surface area (Å²) in [6.07, 6.45) is 6.31. The van der Waals surface area contributed by atoms with Gasteiger partial charge in [-0.15, -0.1) is 0 Å². The molecule has 0 spiro atoms.